The van der Waals surface area contributed by atoms with Gasteiger partial charge in [-0.15, -0.1) is 0 Å². The maximum absolute atomic E-state index is 5.92. The first-order valence-electron chi connectivity index (χ1n) is 9.82. The number of benzene rings is 2. The minimum atomic E-state index is 0.334. The van der Waals surface area contributed by atoms with E-state index in [9.17, 15) is 0 Å². The fourth-order valence-corrected chi connectivity index (χ4v) is 2.92. The predicted octanol–water partition coefficient (Wildman–Crippen LogP) is 4.30. The van der Waals surface area contributed by atoms with Crippen LogP contribution in [0.4, 0.5) is 0 Å². The van der Waals surface area contributed by atoms with E-state index in [4.69, 9.17) is 20.5 Å². The van der Waals surface area contributed by atoms with Gasteiger partial charge in [0.2, 0.25) is 17.6 Å². The summed E-state index contributed by atoms with van der Waals surface area (Å²) in [7, 11) is 0. The number of rotatable bonds is 7. The summed E-state index contributed by atoms with van der Waals surface area (Å²) >= 11 is 5.92. The van der Waals surface area contributed by atoms with Crippen LogP contribution in [0.15, 0.2) is 74.8 Å². The van der Waals surface area contributed by atoms with Gasteiger partial charge in [-0.25, -0.2) is 9.98 Å². The van der Waals surface area contributed by atoms with Crippen LogP contribution in [-0.4, -0.2) is 27.6 Å². The van der Waals surface area contributed by atoms with E-state index in [-0.39, 0.29) is 0 Å². The Morgan fingerprint density at radius 3 is 2.58 bits per heavy atom. The Labute approximate surface area is 184 Å². The quantitative estimate of drug-likeness (QED) is 0.329. The van der Waals surface area contributed by atoms with Crippen LogP contribution in [0.5, 0.6) is 0 Å². The molecule has 2 heterocycles. The zero-order valence-corrected chi connectivity index (χ0v) is 17.6. The van der Waals surface area contributed by atoms with Crippen LogP contribution in [0.3, 0.4) is 0 Å². The lowest BCUT2D eigenvalue weighted by molar-refractivity contribution is 0.375. The van der Waals surface area contributed by atoms with Gasteiger partial charge in [-0.3, -0.25) is 0 Å². The van der Waals surface area contributed by atoms with Crippen LogP contribution in [0.1, 0.15) is 18.5 Å². The lowest BCUT2D eigenvalue weighted by Gasteiger charge is -2.08. The van der Waals surface area contributed by atoms with Gasteiger partial charge in [0.1, 0.15) is 12.0 Å². The Hall–Kier alpha value is -3.65. The molecule has 0 aliphatic heterocycles. The number of aliphatic imine (C=N–C) groups is 1. The van der Waals surface area contributed by atoms with E-state index in [1.165, 1.54) is 0 Å². The van der Waals surface area contributed by atoms with Crippen molar-refractivity contribution in [1.29, 1.82) is 0 Å². The number of nitrogens with zero attached hydrogens (tertiary/aromatic N) is 4. The molecular formula is C22H21ClN6O2. The molecule has 2 aromatic carbocycles. The number of oxazole rings is 1. The van der Waals surface area contributed by atoms with E-state index in [1.807, 2.05) is 49.4 Å². The second-order valence-electron chi connectivity index (χ2n) is 6.58. The number of hydrogen-bond acceptors (Lipinski definition) is 6. The standard InChI is InChI=1S/C22H21ClN6O2/c1-2-24-22(25-12-18-14-30-21(27-18)16-6-4-3-5-7-16)26-13-19-28-20(29-31-19)15-8-10-17(23)11-9-15/h3-11,14H,2,12-13H2,1H3,(H2,24,25,26). The van der Waals surface area contributed by atoms with Crippen LogP contribution >= 0.6 is 11.6 Å². The second kappa shape index (κ2) is 9.90. The Morgan fingerprint density at radius 1 is 1.00 bits per heavy atom. The van der Waals surface area contributed by atoms with Gasteiger partial charge in [-0.2, -0.15) is 4.98 Å². The highest BCUT2D eigenvalue weighted by Crippen LogP contribution is 2.19. The van der Waals surface area contributed by atoms with E-state index >= 15 is 0 Å². The lowest BCUT2D eigenvalue weighted by atomic mass is 10.2. The molecule has 2 N–H and O–H groups in total. The number of nitrogens with one attached hydrogen (secondary N) is 2. The molecule has 0 atom stereocenters. The van der Waals surface area contributed by atoms with E-state index < -0.39 is 0 Å². The summed E-state index contributed by atoms with van der Waals surface area (Å²) in [5, 5.41) is 11.0. The fourth-order valence-electron chi connectivity index (χ4n) is 2.80. The third-order valence-corrected chi connectivity index (χ3v) is 4.55. The van der Waals surface area contributed by atoms with Gasteiger partial charge in [0.05, 0.1) is 13.1 Å². The van der Waals surface area contributed by atoms with Crippen LogP contribution in [-0.2, 0) is 13.1 Å². The molecule has 8 nitrogen and oxygen atoms in total. The van der Waals surface area contributed by atoms with Crippen LogP contribution in [0.25, 0.3) is 22.8 Å². The molecule has 0 fully saturated rings. The highest BCUT2D eigenvalue weighted by atomic mass is 35.5. The Balaban J connectivity index is 1.37. The molecule has 0 bridgehead atoms. The molecule has 0 saturated carbocycles. The summed E-state index contributed by atoms with van der Waals surface area (Å²) in [6.07, 6.45) is 1.62. The molecule has 0 radical (unpaired) electrons. The minimum Gasteiger partial charge on any atom is -0.444 e. The van der Waals surface area contributed by atoms with Crippen LogP contribution < -0.4 is 10.6 Å². The molecule has 0 amide bonds. The van der Waals surface area contributed by atoms with Crippen molar-refractivity contribution in [3.63, 3.8) is 0 Å². The van der Waals surface area contributed by atoms with Crippen molar-refractivity contribution in [2.24, 2.45) is 4.99 Å². The third-order valence-electron chi connectivity index (χ3n) is 4.29. The fraction of sp³-hybridized carbons (Fsp3) is 0.182. The number of halogens is 1. The lowest BCUT2D eigenvalue weighted by Crippen LogP contribution is -2.36. The van der Waals surface area contributed by atoms with Crippen molar-refractivity contribution in [3.05, 3.63) is 77.5 Å². The van der Waals surface area contributed by atoms with Crippen LogP contribution in [0, 0.1) is 0 Å². The van der Waals surface area contributed by atoms with Crippen molar-refractivity contribution >= 4 is 17.6 Å². The van der Waals surface area contributed by atoms with Crippen molar-refractivity contribution < 1.29 is 8.94 Å². The van der Waals surface area contributed by atoms with Gasteiger partial charge in [0, 0.05) is 22.7 Å². The summed E-state index contributed by atoms with van der Waals surface area (Å²) in [5.74, 6) is 2.14. The molecule has 4 aromatic rings. The van der Waals surface area contributed by atoms with E-state index in [2.05, 4.69) is 30.8 Å². The summed E-state index contributed by atoms with van der Waals surface area (Å²) < 4.78 is 10.9. The molecule has 4 rings (SSSR count). The second-order valence-corrected chi connectivity index (χ2v) is 7.01. The summed E-state index contributed by atoms with van der Waals surface area (Å²) in [4.78, 5) is 13.4. The molecule has 31 heavy (non-hydrogen) atoms. The third kappa shape index (κ3) is 5.49. The van der Waals surface area contributed by atoms with Crippen molar-refractivity contribution in [3.8, 4) is 22.8 Å². The Kier molecular flexibility index (Phi) is 6.59. The predicted molar refractivity (Wildman–Crippen MR) is 118 cm³/mol. The Morgan fingerprint density at radius 2 is 1.81 bits per heavy atom. The first-order chi connectivity index (χ1) is 15.2. The van der Waals surface area contributed by atoms with E-state index in [0.29, 0.717) is 48.2 Å². The molecule has 0 saturated heterocycles. The first-order valence-corrected chi connectivity index (χ1v) is 10.2. The zero-order valence-electron chi connectivity index (χ0n) is 16.9. The SMILES string of the molecule is CCNC(=NCc1coc(-c2ccccc2)n1)NCc1nc(-c2ccc(Cl)cc2)no1. The van der Waals surface area contributed by atoms with Crippen molar-refractivity contribution in [2.75, 3.05) is 6.54 Å². The van der Waals surface area contributed by atoms with Gasteiger partial charge >= 0.3 is 0 Å². The van der Waals surface area contributed by atoms with Gasteiger partial charge in [0.25, 0.3) is 0 Å². The smallest absolute Gasteiger partial charge is 0.246 e. The van der Waals surface area contributed by atoms with Crippen LogP contribution in [0.2, 0.25) is 5.02 Å². The van der Waals surface area contributed by atoms with Crippen molar-refractivity contribution in [1.82, 2.24) is 25.8 Å². The van der Waals surface area contributed by atoms with Gasteiger partial charge < -0.3 is 19.6 Å². The van der Waals surface area contributed by atoms with Gasteiger partial charge in [-0.05, 0) is 43.3 Å². The molecule has 9 heteroatoms. The zero-order chi connectivity index (χ0) is 21.5. The van der Waals surface area contributed by atoms with Crippen molar-refractivity contribution in [2.45, 2.75) is 20.0 Å². The van der Waals surface area contributed by atoms with E-state index in [0.717, 1.165) is 16.8 Å². The highest BCUT2D eigenvalue weighted by molar-refractivity contribution is 6.30. The first kappa shape index (κ1) is 20.6. The largest absolute Gasteiger partial charge is 0.444 e. The summed E-state index contributed by atoms with van der Waals surface area (Å²) in [5.41, 5.74) is 2.50. The molecule has 158 valence electrons. The summed E-state index contributed by atoms with van der Waals surface area (Å²) in [6, 6.07) is 17.0. The average Bonchev–Trinajstić information content (AvgIpc) is 3.47. The molecule has 0 spiro atoms. The molecule has 2 aromatic heterocycles. The monoisotopic (exact) mass is 436 g/mol. The number of aromatic nitrogens is 3. The molecule has 0 aliphatic carbocycles. The van der Waals surface area contributed by atoms with E-state index in [1.54, 1.807) is 18.4 Å². The van der Waals surface area contributed by atoms with Gasteiger partial charge in [-0.1, -0.05) is 35.0 Å². The topological polar surface area (TPSA) is 101 Å². The molecule has 0 aliphatic rings. The molecule has 0 unspecified atom stereocenters. The van der Waals surface area contributed by atoms with Gasteiger partial charge in [0.15, 0.2) is 5.96 Å². The maximum Gasteiger partial charge on any atom is 0.246 e. The summed E-state index contributed by atoms with van der Waals surface area (Å²) in [6.45, 7) is 3.40. The highest BCUT2D eigenvalue weighted by Gasteiger charge is 2.10. The number of guanidine groups is 1. The average molecular weight is 437 g/mol. The molecular weight excluding hydrogens is 416 g/mol. The minimum absolute atomic E-state index is 0.334. The maximum atomic E-state index is 5.92. The Bertz CT molecular complexity index is 1140. The number of hydrogen-bond donors (Lipinski definition) is 2. The normalized spacial score (nSPS) is 11.5.